The van der Waals surface area contributed by atoms with E-state index in [4.69, 9.17) is 15.1 Å². The van der Waals surface area contributed by atoms with Gasteiger partial charge in [-0.2, -0.15) is 0 Å². The maximum atomic E-state index is 9.13. The van der Waals surface area contributed by atoms with Crippen molar-refractivity contribution in [3.05, 3.63) is 161 Å². The van der Waals surface area contributed by atoms with Crippen LogP contribution in [0.5, 0.6) is 0 Å². The SMILES string of the molecule is Cc1ccc(-c2c3nc(c(-c4ccc(C)cc4)c4ccc([nH]4)c(-c4ccc(NCCCCCCO)cc4)c4nc(c(-c5ccc(C)cc5)c5ccc2[nH]5)C=C4)C=C3)cc1. The highest BCUT2D eigenvalue weighted by Gasteiger charge is 2.19. The molecule has 0 saturated carbocycles. The molecule has 0 fully saturated rings. The molecule has 7 aromatic rings. The second-order valence-electron chi connectivity index (χ2n) is 15.7. The van der Waals surface area contributed by atoms with Gasteiger partial charge in [-0.3, -0.25) is 0 Å². The van der Waals surface area contributed by atoms with Gasteiger partial charge in [0.2, 0.25) is 0 Å². The number of H-pyrrole nitrogens is 2. The molecule has 0 radical (unpaired) electrons. The summed E-state index contributed by atoms with van der Waals surface area (Å²) in [7, 11) is 0. The predicted molar refractivity (Wildman–Crippen MR) is 249 cm³/mol. The van der Waals surface area contributed by atoms with E-state index in [2.05, 4.69) is 182 Å². The Morgan fingerprint density at radius 1 is 0.407 bits per heavy atom. The maximum Gasteiger partial charge on any atom is 0.0737 e. The minimum atomic E-state index is 0.263. The average molecular weight is 772 g/mol. The molecule has 8 bridgehead atoms. The Morgan fingerprint density at radius 2 is 0.729 bits per heavy atom. The minimum absolute atomic E-state index is 0.263. The van der Waals surface area contributed by atoms with Crippen molar-refractivity contribution in [2.75, 3.05) is 18.5 Å². The first kappa shape index (κ1) is 37.8. The molecule has 0 spiro atoms. The number of anilines is 1. The Hall–Kier alpha value is -6.76. The number of aromatic nitrogens is 4. The summed E-state index contributed by atoms with van der Waals surface area (Å²) in [6.45, 7) is 7.52. The molecule has 4 aromatic carbocycles. The van der Waals surface area contributed by atoms with Gasteiger partial charge in [0, 0.05) is 63.2 Å². The number of rotatable bonds is 11. The third kappa shape index (κ3) is 7.92. The van der Waals surface area contributed by atoms with E-state index in [-0.39, 0.29) is 6.61 Å². The molecule has 3 aromatic heterocycles. The summed E-state index contributed by atoms with van der Waals surface area (Å²) in [4.78, 5) is 18.6. The maximum absolute atomic E-state index is 9.13. The number of aryl methyl sites for hydroxylation is 3. The Morgan fingerprint density at radius 3 is 1.07 bits per heavy atom. The number of unbranched alkanes of at least 4 members (excludes halogenated alkanes) is 3. The monoisotopic (exact) mass is 771 g/mol. The molecule has 2 aliphatic heterocycles. The van der Waals surface area contributed by atoms with Gasteiger partial charge in [-0.1, -0.05) is 114 Å². The fraction of sp³-hybridized carbons (Fsp3) is 0.170. The normalized spacial score (nSPS) is 12.0. The quantitative estimate of drug-likeness (QED) is 0.0986. The molecule has 0 saturated heterocycles. The largest absolute Gasteiger partial charge is 0.396 e. The van der Waals surface area contributed by atoms with Crippen LogP contribution in [0.1, 0.15) is 65.1 Å². The lowest BCUT2D eigenvalue weighted by atomic mass is 10.0. The van der Waals surface area contributed by atoms with Crippen molar-refractivity contribution in [2.24, 2.45) is 0 Å². The Kier molecular flexibility index (Phi) is 10.6. The fourth-order valence-electron chi connectivity index (χ4n) is 8.16. The van der Waals surface area contributed by atoms with Gasteiger partial charge in [-0.15, -0.1) is 0 Å². The van der Waals surface area contributed by atoms with Gasteiger partial charge in [0.25, 0.3) is 0 Å². The van der Waals surface area contributed by atoms with Crippen LogP contribution in [0.3, 0.4) is 0 Å². The number of benzene rings is 4. The van der Waals surface area contributed by atoms with Gasteiger partial charge in [0.05, 0.1) is 22.8 Å². The highest BCUT2D eigenvalue weighted by Crippen LogP contribution is 2.38. The Balaban J connectivity index is 1.32. The molecule has 6 heteroatoms. The molecule has 4 N–H and O–H groups in total. The van der Waals surface area contributed by atoms with Crippen LogP contribution in [0.4, 0.5) is 5.69 Å². The molecular formula is C53H49N5O. The van der Waals surface area contributed by atoms with Crippen molar-refractivity contribution in [3.8, 4) is 44.5 Å². The molecule has 6 nitrogen and oxygen atoms in total. The van der Waals surface area contributed by atoms with Crippen molar-refractivity contribution < 1.29 is 5.11 Å². The van der Waals surface area contributed by atoms with E-state index in [1.807, 2.05) is 0 Å². The number of nitrogens with zero attached hydrogens (tertiary/aromatic N) is 2. The highest BCUT2D eigenvalue weighted by atomic mass is 16.2. The van der Waals surface area contributed by atoms with E-state index in [0.717, 1.165) is 127 Å². The van der Waals surface area contributed by atoms with Crippen LogP contribution in [0.2, 0.25) is 0 Å². The van der Waals surface area contributed by atoms with Crippen molar-refractivity contribution >= 4 is 52.1 Å². The summed E-state index contributed by atoms with van der Waals surface area (Å²) in [5.41, 5.74) is 20.7. The number of aliphatic hydroxyl groups is 1. The number of aliphatic hydroxyl groups excluding tert-OH is 1. The van der Waals surface area contributed by atoms with Gasteiger partial charge >= 0.3 is 0 Å². The van der Waals surface area contributed by atoms with E-state index in [1.165, 1.54) is 16.7 Å². The zero-order chi connectivity index (χ0) is 40.3. The van der Waals surface area contributed by atoms with Gasteiger partial charge in [-0.25, -0.2) is 9.97 Å². The van der Waals surface area contributed by atoms with Crippen molar-refractivity contribution in [2.45, 2.75) is 46.5 Å². The van der Waals surface area contributed by atoms with Crippen molar-refractivity contribution in [1.82, 2.24) is 19.9 Å². The third-order valence-electron chi connectivity index (χ3n) is 11.4. The standard InChI is InChI=1S/C53H49N5O/c1-34-8-14-37(15-9-34)50-42-24-26-44(55-42)51(38-16-10-35(2)11-17-38)46-28-30-48(57-46)53(40-20-22-41(23-21-40)54-32-6-4-5-7-33-59)49-31-29-47(58-49)52(45-27-25-43(50)56-45)39-18-12-36(3)13-19-39/h8-31,54-55,58-59H,4-7,32-33H2,1-3H3. The number of hydrogen-bond acceptors (Lipinski definition) is 4. The molecule has 0 amide bonds. The Bertz CT molecular complexity index is 2810. The first-order chi connectivity index (χ1) is 28.9. The topological polar surface area (TPSA) is 89.6 Å². The van der Waals surface area contributed by atoms with E-state index < -0.39 is 0 Å². The summed E-state index contributed by atoms with van der Waals surface area (Å²) in [6.07, 6.45) is 12.7. The van der Waals surface area contributed by atoms with Crippen LogP contribution in [-0.2, 0) is 0 Å². The fourth-order valence-corrected chi connectivity index (χ4v) is 8.16. The number of fused-ring (bicyclic) bond motifs is 8. The second-order valence-corrected chi connectivity index (χ2v) is 15.7. The summed E-state index contributed by atoms with van der Waals surface area (Å²) in [5.74, 6) is 0. The lowest BCUT2D eigenvalue weighted by Crippen LogP contribution is -2.01. The van der Waals surface area contributed by atoms with Gasteiger partial charge in [-0.05, 0) is 117 Å². The second kappa shape index (κ2) is 16.6. The van der Waals surface area contributed by atoms with E-state index in [1.54, 1.807) is 0 Å². The van der Waals surface area contributed by atoms with E-state index >= 15 is 0 Å². The van der Waals surface area contributed by atoms with Crippen LogP contribution in [0, 0.1) is 20.8 Å². The zero-order valence-electron chi connectivity index (χ0n) is 33.9. The number of hydrogen-bond donors (Lipinski definition) is 4. The molecule has 2 aliphatic rings. The zero-order valence-corrected chi connectivity index (χ0v) is 33.9. The van der Waals surface area contributed by atoms with E-state index in [9.17, 15) is 0 Å². The molecular weight excluding hydrogens is 723 g/mol. The van der Waals surface area contributed by atoms with Crippen LogP contribution in [0.25, 0.3) is 90.9 Å². The molecule has 9 rings (SSSR count). The molecule has 0 unspecified atom stereocenters. The molecule has 0 atom stereocenters. The minimum Gasteiger partial charge on any atom is -0.396 e. The van der Waals surface area contributed by atoms with Crippen LogP contribution in [0.15, 0.2) is 121 Å². The smallest absolute Gasteiger partial charge is 0.0737 e. The lowest BCUT2D eigenvalue weighted by molar-refractivity contribution is 0.283. The number of aromatic amines is 2. The summed E-state index contributed by atoms with van der Waals surface area (Å²) in [5, 5.41) is 12.7. The van der Waals surface area contributed by atoms with Crippen molar-refractivity contribution in [1.29, 1.82) is 0 Å². The van der Waals surface area contributed by atoms with Gasteiger partial charge in [0.1, 0.15) is 0 Å². The van der Waals surface area contributed by atoms with Crippen molar-refractivity contribution in [3.63, 3.8) is 0 Å². The van der Waals surface area contributed by atoms with Gasteiger partial charge in [0.15, 0.2) is 0 Å². The summed E-state index contributed by atoms with van der Waals surface area (Å²) >= 11 is 0. The van der Waals surface area contributed by atoms with E-state index in [0.29, 0.717) is 0 Å². The first-order valence-electron chi connectivity index (χ1n) is 20.7. The summed E-state index contributed by atoms with van der Waals surface area (Å²) < 4.78 is 0. The predicted octanol–water partition coefficient (Wildman–Crippen LogP) is 13.2. The van der Waals surface area contributed by atoms with Crippen LogP contribution < -0.4 is 5.32 Å². The average Bonchev–Trinajstić information content (AvgIpc) is 4.10. The number of nitrogens with one attached hydrogen (secondary N) is 3. The lowest BCUT2D eigenvalue weighted by Gasteiger charge is -2.09. The molecule has 59 heavy (non-hydrogen) atoms. The van der Waals surface area contributed by atoms with Gasteiger partial charge < -0.3 is 20.4 Å². The Labute approximate surface area is 346 Å². The summed E-state index contributed by atoms with van der Waals surface area (Å²) in [6, 6.07) is 43.6. The van der Waals surface area contributed by atoms with Crippen LogP contribution in [-0.4, -0.2) is 38.2 Å². The molecule has 0 aliphatic carbocycles. The molecule has 5 heterocycles. The van der Waals surface area contributed by atoms with Crippen LogP contribution >= 0.6 is 0 Å². The highest BCUT2D eigenvalue weighted by molar-refractivity contribution is 5.99. The first-order valence-corrected chi connectivity index (χ1v) is 20.7. The molecule has 292 valence electrons. The third-order valence-corrected chi connectivity index (χ3v) is 11.4.